The van der Waals surface area contributed by atoms with E-state index in [2.05, 4.69) is 15.5 Å². The highest BCUT2D eigenvalue weighted by atomic mass is 32.2. The number of ether oxygens (including phenoxy) is 3. The molecule has 0 spiro atoms. The van der Waals surface area contributed by atoms with E-state index in [-0.39, 0.29) is 11.5 Å². The summed E-state index contributed by atoms with van der Waals surface area (Å²) in [5.74, 6) is 1.53. The van der Waals surface area contributed by atoms with Gasteiger partial charge in [0, 0.05) is 25.8 Å². The summed E-state index contributed by atoms with van der Waals surface area (Å²) < 4.78 is 17.7. The lowest BCUT2D eigenvalue weighted by Gasteiger charge is -2.18. The van der Waals surface area contributed by atoms with Crippen LogP contribution < -0.4 is 9.47 Å². The van der Waals surface area contributed by atoms with Crippen molar-refractivity contribution in [2.45, 2.75) is 18.1 Å². The first-order chi connectivity index (χ1) is 11.8. The lowest BCUT2D eigenvalue weighted by Crippen LogP contribution is -2.16. The number of rotatable bonds is 8. The third-order valence-electron chi connectivity index (χ3n) is 3.41. The molecule has 0 bridgehead atoms. The van der Waals surface area contributed by atoms with E-state index >= 15 is 0 Å². The normalized spacial score (nSPS) is 13.0. The first-order valence-electron chi connectivity index (χ1n) is 7.58. The first kappa shape index (κ1) is 16.7. The number of aromatic nitrogens is 4. The van der Waals surface area contributed by atoms with Crippen molar-refractivity contribution in [3.63, 3.8) is 0 Å². The molecule has 2 aromatic rings. The number of hydrogen-bond donors (Lipinski definition) is 0. The minimum atomic E-state index is -0.0107. The number of hydrogen-bond acceptors (Lipinski definition) is 8. The van der Waals surface area contributed by atoms with E-state index in [1.54, 1.807) is 30.0 Å². The fourth-order valence-electron chi connectivity index (χ4n) is 2.23. The van der Waals surface area contributed by atoms with Crippen LogP contribution in [-0.4, -0.2) is 58.7 Å². The smallest absolute Gasteiger partial charge is 0.209 e. The maximum Gasteiger partial charge on any atom is 0.209 e. The van der Waals surface area contributed by atoms with Crippen molar-refractivity contribution in [3.8, 4) is 11.5 Å². The van der Waals surface area contributed by atoms with Crippen LogP contribution in [0.2, 0.25) is 0 Å². The van der Waals surface area contributed by atoms with Crippen molar-refractivity contribution in [1.29, 1.82) is 0 Å². The third-order valence-corrected chi connectivity index (χ3v) is 4.37. The molecule has 0 saturated carbocycles. The Hall–Kier alpha value is -2.13. The van der Waals surface area contributed by atoms with Crippen LogP contribution >= 0.6 is 11.8 Å². The fraction of sp³-hybridized carbons (Fsp3) is 0.467. The highest BCUT2D eigenvalue weighted by Crippen LogP contribution is 2.31. The number of Topliss-reactive ketones (excluding diaryl/α,β-unsaturated/α-hetero) is 1. The van der Waals surface area contributed by atoms with Gasteiger partial charge in [0.25, 0.3) is 0 Å². The van der Waals surface area contributed by atoms with Crippen molar-refractivity contribution >= 4 is 17.5 Å². The Morgan fingerprint density at radius 3 is 3.00 bits per heavy atom. The zero-order valence-electron chi connectivity index (χ0n) is 13.3. The second-order valence-corrected chi connectivity index (χ2v) is 6.04. The maximum absolute atomic E-state index is 12.4. The number of ketones is 1. The van der Waals surface area contributed by atoms with Crippen LogP contribution in [-0.2, 0) is 11.3 Å². The first-order valence-corrected chi connectivity index (χ1v) is 8.57. The number of carbonyl (C=O) groups excluding carboxylic acids is 1. The molecule has 1 aromatic heterocycles. The van der Waals surface area contributed by atoms with E-state index in [0.717, 1.165) is 6.42 Å². The molecule has 9 heteroatoms. The summed E-state index contributed by atoms with van der Waals surface area (Å²) in [5, 5.41) is 12.2. The second-order valence-electron chi connectivity index (χ2n) is 5.10. The summed E-state index contributed by atoms with van der Waals surface area (Å²) in [4.78, 5) is 12.4. The Morgan fingerprint density at radius 2 is 2.17 bits per heavy atom. The molecular weight excluding hydrogens is 332 g/mol. The molecule has 0 atom stereocenters. The molecule has 2 heterocycles. The van der Waals surface area contributed by atoms with Crippen molar-refractivity contribution in [2.24, 2.45) is 0 Å². The van der Waals surface area contributed by atoms with E-state index in [0.29, 0.717) is 48.6 Å². The number of methoxy groups -OCH3 is 1. The third kappa shape index (κ3) is 4.04. The van der Waals surface area contributed by atoms with Gasteiger partial charge in [0.1, 0.15) is 13.2 Å². The zero-order chi connectivity index (χ0) is 16.8. The van der Waals surface area contributed by atoms with Gasteiger partial charge >= 0.3 is 0 Å². The lowest BCUT2D eigenvalue weighted by atomic mass is 10.1. The van der Waals surface area contributed by atoms with Gasteiger partial charge in [-0.3, -0.25) is 4.79 Å². The van der Waals surface area contributed by atoms with E-state index in [1.165, 1.54) is 11.8 Å². The zero-order valence-corrected chi connectivity index (χ0v) is 14.1. The summed E-state index contributed by atoms with van der Waals surface area (Å²) >= 11 is 1.32. The van der Waals surface area contributed by atoms with Gasteiger partial charge in [-0.25, -0.2) is 4.68 Å². The summed E-state index contributed by atoms with van der Waals surface area (Å²) in [6.45, 7) is 2.32. The van der Waals surface area contributed by atoms with Crippen LogP contribution in [0.3, 0.4) is 0 Å². The van der Waals surface area contributed by atoms with Crippen LogP contribution in [0.1, 0.15) is 16.8 Å². The average Bonchev–Trinajstić information content (AvgIpc) is 3.07. The number of tetrazole rings is 1. The van der Waals surface area contributed by atoms with Crippen molar-refractivity contribution < 1.29 is 19.0 Å². The summed E-state index contributed by atoms with van der Waals surface area (Å²) in [6, 6.07) is 5.23. The highest BCUT2D eigenvalue weighted by Gasteiger charge is 2.16. The molecule has 0 amide bonds. The number of thioether (sulfide) groups is 1. The van der Waals surface area contributed by atoms with Crippen LogP contribution in [0.4, 0.5) is 0 Å². The number of nitrogens with zero attached hydrogens (tertiary/aromatic N) is 4. The van der Waals surface area contributed by atoms with Crippen molar-refractivity contribution in [3.05, 3.63) is 23.8 Å². The molecule has 8 nitrogen and oxygen atoms in total. The van der Waals surface area contributed by atoms with Gasteiger partial charge in [-0.2, -0.15) is 0 Å². The fourth-order valence-corrected chi connectivity index (χ4v) is 3.03. The Labute approximate surface area is 143 Å². The van der Waals surface area contributed by atoms with E-state index in [9.17, 15) is 4.79 Å². The van der Waals surface area contributed by atoms with Gasteiger partial charge < -0.3 is 14.2 Å². The number of carbonyl (C=O) groups is 1. The number of aryl methyl sites for hydroxylation is 1. The van der Waals surface area contributed by atoms with Gasteiger partial charge in [0.15, 0.2) is 17.3 Å². The quantitative estimate of drug-likeness (QED) is 0.402. The Kier molecular flexibility index (Phi) is 5.65. The van der Waals surface area contributed by atoms with Gasteiger partial charge in [-0.1, -0.05) is 11.8 Å². The van der Waals surface area contributed by atoms with Gasteiger partial charge in [0.05, 0.1) is 5.75 Å². The molecular formula is C15H18N4O4S. The van der Waals surface area contributed by atoms with Crippen molar-refractivity contribution in [2.75, 3.05) is 32.7 Å². The minimum Gasteiger partial charge on any atom is -0.486 e. The van der Waals surface area contributed by atoms with E-state index in [1.807, 2.05) is 0 Å². The molecule has 1 aliphatic heterocycles. The SMILES string of the molecule is COCCCn1nnnc1SCC(=O)c1ccc2c(c1)OCCO2. The number of fused-ring (bicyclic) bond motifs is 1. The largest absolute Gasteiger partial charge is 0.486 e. The molecule has 24 heavy (non-hydrogen) atoms. The molecule has 128 valence electrons. The van der Waals surface area contributed by atoms with Gasteiger partial charge in [-0.05, 0) is 35.0 Å². The molecule has 0 radical (unpaired) electrons. The Morgan fingerprint density at radius 1 is 1.33 bits per heavy atom. The summed E-state index contributed by atoms with van der Waals surface area (Å²) in [6.07, 6.45) is 0.811. The van der Waals surface area contributed by atoms with Crippen LogP contribution in [0.15, 0.2) is 23.4 Å². The lowest BCUT2D eigenvalue weighted by molar-refractivity contribution is 0.102. The molecule has 0 aliphatic carbocycles. The van der Waals surface area contributed by atoms with E-state index in [4.69, 9.17) is 14.2 Å². The minimum absolute atomic E-state index is 0.0107. The highest BCUT2D eigenvalue weighted by molar-refractivity contribution is 7.99. The predicted molar refractivity (Wildman–Crippen MR) is 86.8 cm³/mol. The molecule has 0 saturated heterocycles. The molecule has 0 fully saturated rings. The molecule has 0 N–H and O–H groups in total. The van der Waals surface area contributed by atoms with E-state index < -0.39 is 0 Å². The maximum atomic E-state index is 12.4. The Balaban J connectivity index is 1.59. The number of benzene rings is 1. The van der Waals surface area contributed by atoms with Crippen molar-refractivity contribution in [1.82, 2.24) is 20.2 Å². The second kappa shape index (κ2) is 8.11. The molecule has 0 unspecified atom stereocenters. The monoisotopic (exact) mass is 350 g/mol. The summed E-state index contributed by atoms with van der Waals surface area (Å²) in [7, 11) is 1.65. The summed E-state index contributed by atoms with van der Waals surface area (Å²) in [5.41, 5.74) is 0.588. The predicted octanol–water partition coefficient (Wildman–Crippen LogP) is 1.46. The van der Waals surface area contributed by atoms with Crippen LogP contribution in [0.25, 0.3) is 0 Å². The molecule has 1 aromatic carbocycles. The van der Waals surface area contributed by atoms with Gasteiger partial charge in [-0.15, -0.1) is 5.10 Å². The molecule has 3 rings (SSSR count). The molecule has 1 aliphatic rings. The van der Waals surface area contributed by atoms with Crippen LogP contribution in [0.5, 0.6) is 11.5 Å². The topological polar surface area (TPSA) is 88.4 Å². The Bertz CT molecular complexity index is 707. The standard InChI is InChI=1S/C15H18N4O4S/c1-21-6-2-5-19-15(16-17-18-19)24-10-12(20)11-3-4-13-14(9-11)23-8-7-22-13/h3-4,9H,2,5-8,10H2,1H3. The van der Waals surface area contributed by atoms with Gasteiger partial charge in [0.2, 0.25) is 5.16 Å². The van der Waals surface area contributed by atoms with Crippen LogP contribution in [0, 0.1) is 0 Å². The average molecular weight is 350 g/mol.